The van der Waals surface area contributed by atoms with E-state index in [1.165, 1.54) is 10.8 Å². The lowest BCUT2D eigenvalue weighted by molar-refractivity contribution is -0.131. The van der Waals surface area contributed by atoms with Crippen LogP contribution in [0.25, 0.3) is 10.8 Å². The molecule has 1 aliphatic rings. The number of carbonyl (C=O) groups is 1. The molecule has 1 aliphatic heterocycles. The summed E-state index contributed by atoms with van der Waals surface area (Å²) in [5.41, 5.74) is 1.10. The number of rotatable bonds is 2. The van der Waals surface area contributed by atoms with Crippen LogP contribution in [-0.2, 0) is 11.2 Å². The first kappa shape index (κ1) is 15.5. The van der Waals surface area contributed by atoms with Crippen molar-refractivity contribution in [3.63, 3.8) is 0 Å². The lowest BCUT2D eigenvalue weighted by Gasteiger charge is -2.27. The molecule has 0 spiro atoms. The van der Waals surface area contributed by atoms with Gasteiger partial charge in [-0.05, 0) is 16.3 Å². The third kappa shape index (κ3) is 4.05. The summed E-state index contributed by atoms with van der Waals surface area (Å²) in [5, 5.41) is 5.69. The molecular weight excluding hydrogens is 260 g/mol. The number of piperazine rings is 1. The minimum atomic E-state index is 0.233. The van der Waals surface area contributed by atoms with E-state index >= 15 is 0 Å². The number of carbonyl (C=O) groups excluding carboxylic acids is 1. The smallest absolute Gasteiger partial charge is 0.227 e. The Morgan fingerprint density at radius 2 is 1.71 bits per heavy atom. The maximum absolute atomic E-state index is 12.2. The highest BCUT2D eigenvalue weighted by molar-refractivity contribution is 5.85. The number of nitrogens with one attached hydrogen (secondary N) is 1. The van der Waals surface area contributed by atoms with Crippen LogP contribution in [0.2, 0.25) is 0 Å². The lowest BCUT2D eigenvalue weighted by Crippen LogP contribution is -2.46. The Kier molecular flexibility index (Phi) is 5.76. The van der Waals surface area contributed by atoms with E-state index in [4.69, 9.17) is 0 Å². The molecule has 1 heterocycles. The zero-order valence-corrected chi connectivity index (χ0v) is 12.9. The Hall–Kier alpha value is -1.87. The SMILES string of the molecule is CC.O=C(Cc1ccc2ccccc2c1)N1CCNCC1. The first-order valence-electron chi connectivity index (χ1n) is 7.79. The maximum Gasteiger partial charge on any atom is 0.227 e. The summed E-state index contributed by atoms with van der Waals surface area (Å²) in [6, 6.07) is 14.5. The van der Waals surface area contributed by atoms with Gasteiger partial charge in [0.15, 0.2) is 0 Å². The van der Waals surface area contributed by atoms with Crippen LogP contribution < -0.4 is 5.32 Å². The number of amides is 1. The highest BCUT2D eigenvalue weighted by Crippen LogP contribution is 2.16. The molecule has 2 aromatic rings. The number of hydrogen-bond donors (Lipinski definition) is 1. The second-order valence-electron chi connectivity index (χ2n) is 4.99. The van der Waals surface area contributed by atoms with Gasteiger partial charge < -0.3 is 10.2 Å². The van der Waals surface area contributed by atoms with Crippen molar-refractivity contribution in [1.29, 1.82) is 0 Å². The molecule has 21 heavy (non-hydrogen) atoms. The van der Waals surface area contributed by atoms with Gasteiger partial charge in [-0.3, -0.25) is 4.79 Å². The summed E-state index contributed by atoms with van der Waals surface area (Å²) in [4.78, 5) is 14.2. The Morgan fingerprint density at radius 1 is 1.05 bits per heavy atom. The molecule has 0 radical (unpaired) electrons. The first-order valence-corrected chi connectivity index (χ1v) is 7.79. The van der Waals surface area contributed by atoms with E-state index < -0.39 is 0 Å². The molecule has 2 aromatic carbocycles. The second kappa shape index (κ2) is 7.79. The van der Waals surface area contributed by atoms with Gasteiger partial charge in [-0.15, -0.1) is 0 Å². The van der Waals surface area contributed by atoms with Gasteiger partial charge in [0.05, 0.1) is 6.42 Å². The van der Waals surface area contributed by atoms with Gasteiger partial charge in [-0.25, -0.2) is 0 Å². The van der Waals surface area contributed by atoms with Gasteiger partial charge >= 0.3 is 0 Å². The molecular formula is C18H24N2O. The maximum atomic E-state index is 12.2. The molecule has 0 atom stereocenters. The van der Waals surface area contributed by atoms with Crippen LogP contribution in [0.1, 0.15) is 19.4 Å². The number of fused-ring (bicyclic) bond motifs is 1. The van der Waals surface area contributed by atoms with Crippen LogP contribution in [-0.4, -0.2) is 37.0 Å². The standard InChI is InChI=1S/C16H18N2O.C2H6/c19-16(18-9-7-17-8-10-18)12-13-5-6-14-3-1-2-4-15(14)11-13;1-2/h1-6,11,17H,7-10,12H2;1-2H3. The van der Waals surface area contributed by atoms with E-state index in [2.05, 4.69) is 35.6 Å². The zero-order chi connectivity index (χ0) is 15.1. The summed E-state index contributed by atoms with van der Waals surface area (Å²) in [7, 11) is 0. The van der Waals surface area contributed by atoms with Gasteiger partial charge in [0.25, 0.3) is 0 Å². The molecule has 0 saturated carbocycles. The van der Waals surface area contributed by atoms with Gasteiger partial charge in [0.1, 0.15) is 0 Å². The van der Waals surface area contributed by atoms with Gasteiger partial charge in [-0.1, -0.05) is 56.3 Å². The Bertz CT molecular complexity index is 589. The third-order valence-electron chi connectivity index (χ3n) is 3.64. The number of nitrogens with zero attached hydrogens (tertiary/aromatic N) is 1. The van der Waals surface area contributed by atoms with Crippen molar-refractivity contribution < 1.29 is 4.79 Å². The Morgan fingerprint density at radius 3 is 2.43 bits per heavy atom. The molecule has 3 rings (SSSR count). The summed E-state index contributed by atoms with van der Waals surface area (Å²) < 4.78 is 0. The minimum Gasteiger partial charge on any atom is -0.340 e. The second-order valence-corrected chi connectivity index (χ2v) is 4.99. The fourth-order valence-corrected chi connectivity index (χ4v) is 2.55. The molecule has 0 aliphatic carbocycles. The van der Waals surface area contributed by atoms with Crippen molar-refractivity contribution >= 4 is 16.7 Å². The van der Waals surface area contributed by atoms with E-state index in [1.807, 2.05) is 30.9 Å². The van der Waals surface area contributed by atoms with E-state index in [0.29, 0.717) is 6.42 Å². The first-order chi connectivity index (χ1) is 10.3. The molecule has 0 bridgehead atoms. The quantitative estimate of drug-likeness (QED) is 0.919. The van der Waals surface area contributed by atoms with Gasteiger partial charge in [0, 0.05) is 26.2 Å². The Labute approximate surface area is 127 Å². The van der Waals surface area contributed by atoms with E-state index in [9.17, 15) is 4.79 Å². The van der Waals surface area contributed by atoms with Crippen molar-refractivity contribution in [1.82, 2.24) is 10.2 Å². The molecule has 0 aromatic heterocycles. The molecule has 1 amide bonds. The molecule has 0 unspecified atom stereocenters. The molecule has 3 heteroatoms. The highest BCUT2D eigenvalue weighted by Gasteiger charge is 2.16. The van der Waals surface area contributed by atoms with Crippen LogP contribution in [0.5, 0.6) is 0 Å². The predicted octanol–water partition coefficient (Wildman–Crippen LogP) is 2.84. The summed E-state index contributed by atoms with van der Waals surface area (Å²) >= 11 is 0. The van der Waals surface area contributed by atoms with Crippen molar-refractivity contribution in [2.45, 2.75) is 20.3 Å². The zero-order valence-electron chi connectivity index (χ0n) is 12.9. The molecule has 112 valence electrons. The van der Waals surface area contributed by atoms with Crippen molar-refractivity contribution in [3.8, 4) is 0 Å². The van der Waals surface area contributed by atoms with Gasteiger partial charge in [-0.2, -0.15) is 0 Å². The van der Waals surface area contributed by atoms with Crippen molar-refractivity contribution in [2.75, 3.05) is 26.2 Å². The highest BCUT2D eigenvalue weighted by atomic mass is 16.2. The van der Waals surface area contributed by atoms with Gasteiger partial charge in [0.2, 0.25) is 5.91 Å². The molecule has 3 nitrogen and oxygen atoms in total. The van der Waals surface area contributed by atoms with Crippen molar-refractivity contribution in [3.05, 3.63) is 48.0 Å². The van der Waals surface area contributed by atoms with E-state index in [1.54, 1.807) is 0 Å². The monoisotopic (exact) mass is 284 g/mol. The van der Waals surface area contributed by atoms with Crippen LogP contribution in [0.4, 0.5) is 0 Å². The average Bonchev–Trinajstić information content (AvgIpc) is 2.57. The fraction of sp³-hybridized carbons (Fsp3) is 0.389. The summed E-state index contributed by atoms with van der Waals surface area (Å²) in [5.74, 6) is 0.233. The van der Waals surface area contributed by atoms with Crippen LogP contribution in [0, 0.1) is 0 Å². The lowest BCUT2D eigenvalue weighted by atomic mass is 10.0. The van der Waals surface area contributed by atoms with E-state index in [-0.39, 0.29) is 5.91 Å². The molecule has 1 fully saturated rings. The number of benzene rings is 2. The van der Waals surface area contributed by atoms with E-state index in [0.717, 1.165) is 31.7 Å². The van der Waals surface area contributed by atoms with Crippen LogP contribution in [0.3, 0.4) is 0 Å². The average molecular weight is 284 g/mol. The summed E-state index contributed by atoms with van der Waals surface area (Å²) in [6.45, 7) is 7.46. The molecule has 1 saturated heterocycles. The largest absolute Gasteiger partial charge is 0.340 e. The summed E-state index contributed by atoms with van der Waals surface area (Å²) in [6.07, 6.45) is 0.505. The fourth-order valence-electron chi connectivity index (χ4n) is 2.55. The predicted molar refractivity (Wildman–Crippen MR) is 88.4 cm³/mol. The topological polar surface area (TPSA) is 32.3 Å². The third-order valence-corrected chi connectivity index (χ3v) is 3.64. The normalized spacial score (nSPS) is 14.5. The Balaban J connectivity index is 0.000000774. The van der Waals surface area contributed by atoms with Crippen LogP contribution >= 0.6 is 0 Å². The number of hydrogen-bond acceptors (Lipinski definition) is 2. The van der Waals surface area contributed by atoms with Crippen molar-refractivity contribution in [2.24, 2.45) is 0 Å². The molecule has 1 N–H and O–H groups in total. The minimum absolute atomic E-state index is 0.233. The van der Waals surface area contributed by atoms with Crippen LogP contribution in [0.15, 0.2) is 42.5 Å².